The Morgan fingerprint density at radius 1 is 1.07 bits per heavy atom. The molecule has 0 radical (unpaired) electrons. The molecular formula is C23H32N4O2. The zero-order valence-electron chi connectivity index (χ0n) is 17.6. The molecule has 3 N–H and O–H groups in total. The molecule has 2 aromatic rings. The summed E-state index contributed by atoms with van der Waals surface area (Å²) in [7, 11) is 0. The number of aliphatic imine (C=N–C) groups is 1. The van der Waals surface area contributed by atoms with Crippen molar-refractivity contribution in [1.82, 2.24) is 16.0 Å². The third kappa shape index (κ3) is 8.25. The van der Waals surface area contributed by atoms with Crippen molar-refractivity contribution >= 4 is 11.9 Å². The molecule has 0 spiro atoms. The molecule has 6 nitrogen and oxygen atoms in total. The van der Waals surface area contributed by atoms with Crippen molar-refractivity contribution in [3.63, 3.8) is 0 Å². The van der Waals surface area contributed by atoms with Gasteiger partial charge in [0.2, 0.25) is 0 Å². The Labute approximate surface area is 173 Å². The van der Waals surface area contributed by atoms with Crippen LogP contribution in [-0.4, -0.2) is 37.6 Å². The molecular weight excluding hydrogens is 364 g/mol. The number of para-hydroxylation sites is 1. The lowest BCUT2D eigenvalue weighted by molar-refractivity contribution is 0.0939. The molecule has 0 heterocycles. The van der Waals surface area contributed by atoms with Gasteiger partial charge >= 0.3 is 0 Å². The summed E-state index contributed by atoms with van der Waals surface area (Å²) in [4.78, 5) is 16.9. The fourth-order valence-electron chi connectivity index (χ4n) is 2.59. The standard InChI is InChI=1S/C23H32N4O2/c1-4-18(3)27-22(28)20-11-9-10-19(16-20)17-26-23(24-5-2)25-14-15-29-21-12-7-6-8-13-21/h6-13,16,18H,4-5,14-15,17H2,1-3H3,(H,27,28)(H2,24,25,26). The Morgan fingerprint density at radius 3 is 2.59 bits per heavy atom. The van der Waals surface area contributed by atoms with Gasteiger partial charge in [-0.1, -0.05) is 37.3 Å². The Morgan fingerprint density at radius 2 is 1.86 bits per heavy atom. The van der Waals surface area contributed by atoms with Gasteiger partial charge in [0.25, 0.3) is 5.91 Å². The molecule has 156 valence electrons. The van der Waals surface area contributed by atoms with Gasteiger partial charge in [-0.05, 0) is 50.1 Å². The van der Waals surface area contributed by atoms with Gasteiger partial charge in [-0.15, -0.1) is 0 Å². The molecule has 1 unspecified atom stereocenters. The molecule has 0 bridgehead atoms. The summed E-state index contributed by atoms with van der Waals surface area (Å²) < 4.78 is 5.69. The van der Waals surface area contributed by atoms with E-state index in [1.54, 1.807) is 0 Å². The number of guanidine groups is 1. The molecule has 0 fully saturated rings. The number of hydrogen-bond acceptors (Lipinski definition) is 3. The number of hydrogen-bond donors (Lipinski definition) is 3. The van der Waals surface area contributed by atoms with Crippen LogP contribution < -0.4 is 20.7 Å². The first kappa shape index (κ1) is 22.3. The minimum atomic E-state index is -0.0479. The first-order valence-electron chi connectivity index (χ1n) is 10.2. The van der Waals surface area contributed by atoms with Crippen LogP contribution in [0.1, 0.15) is 43.1 Å². The maximum Gasteiger partial charge on any atom is 0.251 e. The zero-order chi connectivity index (χ0) is 20.9. The highest BCUT2D eigenvalue weighted by Gasteiger charge is 2.09. The molecule has 0 aromatic heterocycles. The van der Waals surface area contributed by atoms with E-state index in [-0.39, 0.29) is 11.9 Å². The van der Waals surface area contributed by atoms with Crippen LogP contribution in [0.25, 0.3) is 0 Å². The smallest absolute Gasteiger partial charge is 0.251 e. The van der Waals surface area contributed by atoms with Crippen molar-refractivity contribution in [3.8, 4) is 5.75 Å². The van der Waals surface area contributed by atoms with E-state index in [0.29, 0.717) is 25.3 Å². The SMILES string of the molecule is CCNC(=NCc1cccc(C(=O)NC(C)CC)c1)NCCOc1ccccc1. The number of benzene rings is 2. The molecule has 0 aliphatic carbocycles. The maximum atomic E-state index is 12.3. The highest BCUT2D eigenvalue weighted by molar-refractivity contribution is 5.94. The van der Waals surface area contributed by atoms with E-state index in [1.165, 1.54) is 0 Å². The van der Waals surface area contributed by atoms with Gasteiger partial charge in [-0.2, -0.15) is 0 Å². The van der Waals surface area contributed by atoms with Gasteiger partial charge in [0.1, 0.15) is 12.4 Å². The first-order valence-corrected chi connectivity index (χ1v) is 10.2. The van der Waals surface area contributed by atoms with E-state index in [1.807, 2.05) is 68.4 Å². The minimum Gasteiger partial charge on any atom is -0.492 e. The summed E-state index contributed by atoms with van der Waals surface area (Å²) in [5, 5.41) is 9.49. The average molecular weight is 397 g/mol. The third-order valence-electron chi connectivity index (χ3n) is 4.35. The number of carbonyl (C=O) groups is 1. The van der Waals surface area contributed by atoms with Gasteiger partial charge in [0.15, 0.2) is 5.96 Å². The molecule has 0 aliphatic rings. The molecule has 1 amide bonds. The summed E-state index contributed by atoms with van der Waals surface area (Å²) in [5.74, 6) is 1.52. The molecule has 2 rings (SSSR count). The fourth-order valence-corrected chi connectivity index (χ4v) is 2.59. The summed E-state index contributed by atoms with van der Waals surface area (Å²) in [6, 6.07) is 17.5. The number of amides is 1. The highest BCUT2D eigenvalue weighted by atomic mass is 16.5. The molecule has 1 atom stereocenters. The summed E-state index contributed by atoms with van der Waals surface area (Å²) in [5.41, 5.74) is 1.65. The van der Waals surface area contributed by atoms with Crippen LogP contribution in [-0.2, 0) is 6.54 Å². The Bertz CT molecular complexity index is 777. The second-order valence-corrected chi connectivity index (χ2v) is 6.77. The molecule has 0 saturated heterocycles. The van der Waals surface area contributed by atoms with Gasteiger partial charge in [0, 0.05) is 18.2 Å². The molecule has 0 saturated carbocycles. The number of nitrogens with zero attached hydrogens (tertiary/aromatic N) is 1. The fraction of sp³-hybridized carbons (Fsp3) is 0.391. The number of carbonyl (C=O) groups excluding carboxylic acids is 1. The lowest BCUT2D eigenvalue weighted by atomic mass is 10.1. The van der Waals surface area contributed by atoms with E-state index in [2.05, 4.69) is 27.9 Å². The van der Waals surface area contributed by atoms with E-state index < -0.39 is 0 Å². The zero-order valence-corrected chi connectivity index (χ0v) is 17.6. The molecule has 29 heavy (non-hydrogen) atoms. The second kappa shape index (κ2) is 12.4. The van der Waals surface area contributed by atoms with Crippen LogP contribution in [0, 0.1) is 0 Å². The predicted octanol–water partition coefficient (Wildman–Crippen LogP) is 3.35. The summed E-state index contributed by atoms with van der Waals surface area (Å²) in [6.07, 6.45) is 0.904. The first-order chi connectivity index (χ1) is 14.1. The van der Waals surface area contributed by atoms with Crippen molar-refractivity contribution < 1.29 is 9.53 Å². The van der Waals surface area contributed by atoms with Crippen LogP contribution in [0.3, 0.4) is 0 Å². The van der Waals surface area contributed by atoms with Crippen molar-refractivity contribution in [2.45, 2.75) is 39.8 Å². The van der Waals surface area contributed by atoms with Crippen LogP contribution in [0.4, 0.5) is 0 Å². The van der Waals surface area contributed by atoms with E-state index in [9.17, 15) is 4.79 Å². The Kier molecular flexibility index (Phi) is 9.55. The van der Waals surface area contributed by atoms with Crippen molar-refractivity contribution in [2.24, 2.45) is 4.99 Å². The third-order valence-corrected chi connectivity index (χ3v) is 4.35. The Balaban J connectivity index is 1.88. The van der Waals surface area contributed by atoms with Crippen LogP contribution >= 0.6 is 0 Å². The maximum absolute atomic E-state index is 12.3. The van der Waals surface area contributed by atoms with Gasteiger partial charge in [-0.3, -0.25) is 4.79 Å². The monoisotopic (exact) mass is 396 g/mol. The summed E-state index contributed by atoms with van der Waals surface area (Å²) >= 11 is 0. The van der Waals surface area contributed by atoms with Crippen molar-refractivity contribution in [2.75, 3.05) is 19.7 Å². The van der Waals surface area contributed by atoms with E-state index >= 15 is 0 Å². The number of ether oxygens (including phenoxy) is 1. The van der Waals surface area contributed by atoms with Gasteiger partial charge in [-0.25, -0.2) is 4.99 Å². The van der Waals surface area contributed by atoms with Crippen molar-refractivity contribution in [3.05, 3.63) is 65.7 Å². The van der Waals surface area contributed by atoms with Gasteiger partial charge in [0.05, 0.1) is 13.1 Å². The van der Waals surface area contributed by atoms with Crippen LogP contribution in [0.2, 0.25) is 0 Å². The number of nitrogens with one attached hydrogen (secondary N) is 3. The lowest BCUT2D eigenvalue weighted by Crippen LogP contribution is -2.39. The molecule has 0 aliphatic heterocycles. The summed E-state index contributed by atoms with van der Waals surface area (Å²) in [6.45, 7) is 8.51. The van der Waals surface area contributed by atoms with E-state index in [0.717, 1.165) is 30.2 Å². The van der Waals surface area contributed by atoms with Crippen LogP contribution in [0.5, 0.6) is 5.75 Å². The average Bonchev–Trinajstić information content (AvgIpc) is 2.75. The molecule has 2 aromatic carbocycles. The predicted molar refractivity (Wildman–Crippen MR) is 118 cm³/mol. The normalized spacial score (nSPS) is 12.2. The largest absolute Gasteiger partial charge is 0.492 e. The van der Waals surface area contributed by atoms with Crippen molar-refractivity contribution in [1.29, 1.82) is 0 Å². The van der Waals surface area contributed by atoms with Gasteiger partial charge < -0.3 is 20.7 Å². The topological polar surface area (TPSA) is 74.8 Å². The quantitative estimate of drug-likeness (QED) is 0.327. The number of rotatable bonds is 10. The Hall–Kier alpha value is -3.02. The van der Waals surface area contributed by atoms with E-state index in [4.69, 9.17) is 4.74 Å². The lowest BCUT2D eigenvalue weighted by Gasteiger charge is -2.13. The highest BCUT2D eigenvalue weighted by Crippen LogP contribution is 2.08. The minimum absolute atomic E-state index is 0.0479. The second-order valence-electron chi connectivity index (χ2n) is 6.77. The van der Waals surface area contributed by atoms with Crippen LogP contribution in [0.15, 0.2) is 59.6 Å². The molecule has 6 heteroatoms.